The Hall–Kier alpha value is -1.47. The highest BCUT2D eigenvalue weighted by Gasteiger charge is 2.26. The molecule has 0 spiro atoms. The summed E-state index contributed by atoms with van der Waals surface area (Å²) in [6.45, 7) is 3.77. The fourth-order valence-corrected chi connectivity index (χ4v) is 3.12. The second kappa shape index (κ2) is 5.92. The monoisotopic (exact) mass is 270 g/mol. The van der Waals surface area contributed by atoms with Gasteiger partial charge in [0.05, 0.1) is 5.84 Å². The van der Waals surface area contributed by atoms with Crippen molar-refractivity contribution in [3.05, 3.63) is 24.5 Å². The summed E-state index contributed by atoms with van der Waals surface area (Å²) in [5, 5.41) is 7.18. The maximum atomic E-state index is 12.4. The molecule has 18 heavy (non-hydrogen) atoms. The number of nitrogens with one attached hydrogen (secondary N) is 1. The third kappa shape index (κ3) is 3.51. The van der Waals surface area contributed by atoms with E-state index in [0.29, 0.717) is 0 Å². The number of hydrogen-bond donors (Lipinski definition) is 2. The summed E-state index contributed by atoms with van der Waals surface area (Å²) >= 11 is 0. The Labute approximate surface area is 107 Å². The van der Waals surface area contributed by atoms with Crippen LogP contribution in [0.1, 0.15) is 20.3 Å². The minimum absolute atomic E-state index is 0.0259. The van der Waals surface area contributed by atoms with Gasteiger partial charge in [0.1, 0.15) is 4.90 Å². The summed E-state index contributed by atoms with van der Waals surface area (Å²) in [5.41, 5.74) is 5.27. The highest BCUT2D eigenvalue weighted by molar-refractivity contribution is 7.89. The van der Waals surface area contributed by atoms with E-state index in [2.05, 4.69) is 4.98 Å². The van der Waals surface area contributed by atoms with Gasteiger partial charge in [-0.05, 0) is 26.0 Å². The molecule has 1 rings (SSSR count). The lowest BCUT2D eigenvalue weighted by molar-refractivity contribution is 0.361. The van der Waals surface area contributed by atoms with Gasteiger partial charge in [-0.2, -0.15) is 4.31 Å². The largest absolute Gasteiger partial charge is 0.388 e. The van der Waals surface area contributed by atoms with Gasteiger partial charge in [-0.1, -0.05) is 0 Å². The molecule has 0 aliphatic carbocycles. The van der Waals surface area contributed by atoms with Crippen molar-refractivity contribution in [3.63, 3.8) is 0 Å². The number of hydrogen-bond acceptors (Lipinski definition) is 4. The van der Waals surface area contributed by atoms with Crippen LogP contribution in [-0.2, 0) is 10.0 Å². The molecule has 1 aromatic rings. The number of pyridine rings is 1. The molecular weight excluding hydrogens is 252 g/mol. The predicted molar refractivity (Wildman–Crippen MR) is 69.8 cm³/mol. The van der Waals surface area contributed by atoms with Crippen LogP contribution in [-0.4, -0.2) is 36.1 Å². The highest BCUT2D eigenvalue weighted by Crippen LogP contribution is 2.17. The molecule has 0 amide bonds. The number of rotatable bonds is 6. The number of sulfonamides is 1. The summed E-state index contributed by atoms with van der Waals surface area (Å²) in [6.07, 6.45) is 3.06. The minimum Gasteiger partial charge on any atom is -0.388 e. The lowest BCUT2D eigenvalue weighted by Gasteiger charge is -2.25. The van der Waals surface area contributed by atoms with E-state index in [-0.39, 0.29) is 29.7 Å². The maximum absolute atomic E-state index is 12.4. The Morgan fingerprint density at radius 3 is 2.67 bits per heavy atom. The van der Waals surface area contributed by atoms with Crippen molar-refractivity contribution in [2.24, 2.45) is 5.73 Å². The van der Waals surface area contributed by atoms with E-state index >= 15 is 0 Å². The summed E-state index contributed by atoms with van der Waals surface area (Å²) in [4.78, 5) is 3.97. The van der Waals surface area contributed by atoms with E-state index in [9.17, 15) is 8.42 Å². The Kier molecular flexibility index (Phi) is 4.80. The van der Waals surface area contributed by atoms with Crippen molar-refractivity contribution in [2.75, 3.05) is 6.54 Å². The molecule has 0 aliphatic rings. The molecule has 0 radical (unpaired) electrons. The smallest absolute Gasteiger partial charge is 0.244 e. The van der Waals surface area contributed by atoms with E-state index < -0.39 is 10.0 Å². The zero-order valence-corrected chi connectivity index (χ0v) is 11.3. The molecule has 100 valence electrons. The minimum atomic E-state index is -3.58. The first-order valence-corrected chi connectivity index (χ1v) is 7.04. The first-order valence-electron chi connectivity index (χ1n) is 5.60. The molecule has 0 fully saturated rings. The van der Waals surface area contributed by atoms with Crippen LogP contribution in [0.25, 0.3) is 0 Å². The molecule has 0 aliphatic heterocycles. The van der Waals surface area contributed by atoms with Gasteiger partial charge in [-0.15, -0.1) is 0 Å². The first kappa shape index (κ1) is 14.6. The Balaban J connectivity index is 3.02. The fourth-order valence-electron chi connectivity index (χ4n) is 1.52. The van der Waals surface area contributed by atoms with Gasteiger partial charge < -0.3 is 5.73 Å². The summed E-state index contributed by atoms with van der Waals surface area (Å²) in [5.74, 6) is -0.0259. The normalized spacial score (nSPS) is 12.0. The van der Waals surface area contributed by atoms with Gasteiger partial charge in [0.2, 0.25) is 10.0 Å². The first-order chi connectivity index (χ1) is 8.35. The van der Waals surface area contributed by atoms with E-state index in [1.165, 1.54) is 22.8 Å². The molecule has 1 aromatic heterocycles. The molecule has 3 N–H and O–H groups in total. The van der Waals surface area contributed by atoms with Crippen molar-refractivity contribution in [2.45, 2.75) is 31.2 Å². The Morgan fingerprint density at radius 1 is 1.56 bits per heavy atom. The van der Waals surface area contributed by atoms with Crippen LogP contribution in [0.5, 0.6) is 0 Å². The quantitative estimate of drug-likeness (QED) is 0.590. The standard InChI is InChI=1S/C11H18N4O2S/c1-9(2)15(7-5-11(12)13)18(16,17)10-4-3-6-14-8-10/h3-4,6,8-9H,5,7H2,1-2H3,(H3,12,13). The average Bonchev–Trinajstić information content (AvgIpc) is 2.29. The topological polar surface area (TPSA) is 100 Å². The molecule has 0 saturated heterocycles. The molecule has 6 nitrogen and oxygen atoms in total. The van der Waals surface area contributed by atoms with Crippen molar-refractivity contribution < 1.29 is 8.42 Å². The number of nitrogens with zero attached hydrogens (tertiary/aromatic N) is 2. The Morgan fingerprint density at radius 2 is 2.22 bits per heavy atom. The lowest BCUT2D eigenvalue weighted by Crippen LogP contribution is -2.39. The molecule has 7 heteroatoms. The molecule has 0 atom stereocenters. The van der Waals surface area contributed by atoms with Crippen LogP contribution in [0, 0.1) is 5.41 Å². The van der Waals surface area contributed by atoms with Crippen molar-refractivity contribution >= 4 is 15.9 Å². The van der Waals surface area contributed by atoms with Crippen LogP contribution < -0.4 is 5.73 Å². The molecule has 0 unspecified atom stereocenters. The second-order valence-electron chi connectivity index (χ2n) is 4.17. The van der Waals surface area contributed by atoms with E-state index in [1.807, 2.05) is 0 Å². The third-order valence-corrected chi connectivity index (χ3v) is 4.48. The van der Waals surface area contributed by atoms with Crippen molar-refractivity contribution in [1.29, 1.82) is 5.41 Å². The number of nitrogens with two attached hydrogens (primary N) is 1. The van der Waals surface area contributed by atoms with Crippen LogP contribution in [0.3, 0.4) is 0 Å². The number of aromatic nitrogens is 1. The number of amidine groups is 1. The van der Waals surface area contributed by atoms with Gasteiger partial charge in [0.25, 0.3) is 0 Å². The van der Waals surface area contributed by atoms with Gasteiger partial charge in [-0.25, -0.2) is 8.42 Å². The Bertz CT molecular complexity index is 499. The maximum Gasteiger partial charge on any atom is 0.244 e. The van der Waals surface area contributed by atoms with Gasteiger partial charge in [0, 0.05) is 31.4 Å². The zero-order valence-electron chi connectivity index (χ0n) is 10.5. The van der Waals surface area contributed by atoms with E-state index in [1.54, 1.807) is 19.9 Å². The summed E-state index contributed by atoms with van der Waals surface area (Å²) in [7, 11) is -3.58. The predicted octanol–water partition coefficient (Wildman–Crippen LogP) is 0.807. The van der Waals surface area contributed by atoms with Crippen LogP contribution in [0.2, 0.25) is 0 Å². The molecule has 0 saturated carbocycles. The average molecular weight is 270 g/mol. The third-order valence-electron chi connectivity index (χ3n) is 2.42. The zero-order chi connectivity index (χ0) is 13.8. The van der Waals surface area contributed by atoms with Crippen molar-refractivity contribution in [3.8, 4) is 0 Å². The highest BCUT2D eigenvalue weighted by atomic mass is 32.2. The van der Waals surface area contributed by atoms with Crippen LogP contribution in [0.4, 0.5) is 0 Å². The van der Waals surface area contributed by atoms with E-state index in [4.69, 9.17) is 11.1 Å². The van der Waals surface area contributed by atoms with Crippen LogP contribution in [0.15, 0.2) is 29.4 Å². The SMILES string of the molecule is CC(C)N(CCC(=N)N)S(=O)(=O)c1cccnc1. The van der Waals surface area contributed by atoms with Crippen molar-refractivity contribution in [1.82, 2.24) is 9.29 Å². The van der Waals surface area contributed by atoms with Gasteiger partial charge in [0.15, 0.2) is 0 Å². The molecule has 0 aromatic carbocycles. The van der Waals surface area contributed by atoms with Gasteiger partial charge >= 0.3 is 0 Å². The molecule has 0 bridgehead atoms. The molecular formula is C11H18N4O2S. The van der Waals surface area contributed by atoms with E-state index in [0.717, 1.165) is 0 Å². The summed E-state index contributed by atoms with van der Waals surface area (Å²) < 4.78 is 26.0. The lowest BCUT2D eigenvalue weighted by atomic mass is 10.3. The second-order valence-corrected chi connectivity index (χ2v) is 6.06. The molecule has 1 heterocycles. The summed E-state index contributed by atoms with van der Waals surface area (Å²) in [6, 6.07) is 2.89. The van der Waals surface area contributed by atoms with Crippen LogP contribution >= 0.6 is 0 Å². The fraction of sp³-hybridized carbons (Fsp3) is 0.455. The van der Waals surface area contributed by atoms with Gasteiger partial charge in [-0.3, -0.25) is 10.4 Å².